The lowest BCUT2D eigenvalue weighted by Gasteiger charge is -2.15. The molecule has 112 valence electrons. The first-order valence-electron chi connectivity index (χ1n) is 6.46. The van der Waals surface area contributed by atoms with Gasteiger partial charge in [0.15, 0.2) is 0 Å². The van der Waals surface area contributed by atoms with Crippen LogP contribution in [0.25, 0.3) is 0 Å². The first kappa shape index (κ1) is 15.2. The first-order chi connectivity index (χ1) is 9.79. The maximum atomic E-state index is 12.4. The van der Waals surface area contributed by atoms with Crippen LogP contribution in [0.4, 0.5) is 17.1 Å². The smallest absolute Gasteiger partial charge is 0.262 e. The molecule has 0 bridgehead atoms. The fraction of sp³-hybridized carbons (Fsp3) is 0.200. The van der Waals surface area contributed by atoms with Crippen molar-refractivity contribution in [3.63, 3.8) is 0 Å². The van der Waals surface area contributed by atoms with Crippen molar-refractivity contribution in [1.82, 2.24) is 0 Å². The van der Waals surface area contributed by atoms with Gasteiger partial charge in [0.2, 0.25) is 0 Å². The maximum absolute atomic E-state index is 12.4. The quantitative estimate of drug-likeness (QED) is 0.851. The Labute approximate surface area is 125 Å². The van der Waals surface area contributed by atoms with Crippen LogP contribution >= 0.6 is 0 Å². The van der Waals surface area contributed by atoms with Crippen LogP contribution in [0.2, 0.25) is 0 Å². The third-order valence-corrected chi connectivity index (χ3v) is 4.64. The second-order valence-electron chi connectivity index (χ2n) is 5.08. The predicted octanol–water partition coefficient (Wildman–Crippen LogP) is 2.44. The Morgan fingerprint density at radius 3 is 2.43 bits per heavy atom. The summed E-state index contributed by atoms with van der Waals surface area (Å²) in [6.07, 6.45) is 0. The predicted molar refractivity (Wildman–Crippen MR) is 87.2 cm³/mol. The zero-order valence-corrected chi connectivity index (χ0v) is 13.1. The zero-order chi connectivity index (χ0) is 15.6. The summed E-state index contributed by atoms with van der Waals surface area (Å²) >= 11 is 0. The van der Waals surface area contributed by atoms with E-state index >= 15 is 0 Å². The minimum atomic E-state index is -3.63. The molecule has 5 nitrogen and oxygen atoms in total. The van der Waals surface area contributed by atoms with E-state index in [0.717, 1.165) is 5.69 Å². The van der Waals surface area contributed by atoms with Gasteiger partial charge in [-0.15, -0.1) is 0 Å². The molecule has 0 saturated carbocycles. The number of benzene rings is 2. The molecule has 0 aliphatic rings. The average Bonchev–Trinajstić information content (AvgIpc) is 2.37. The SMILES string of the molecule is Cc1cc(N)ccc1S(=O)(=O)Nc1cccc(N(C)C)c1. The van der Waals surface area contributed by atoms with E-state index in [2.05, 4.69) is 4.72 Å². The Hall–Kier alpha value is -2.21. The largest absolute Gasteiger partial charge is 0.399 e. The molecular weight excluding hydrogens is 286 g/mol. The van der Waals surface area contributed by atoms with Crippen molar-refractivity contribution in [3.8, 4) is 0 Å². The summed E-state index contributed by atoms with van der Waals surface area (Å²) in [7, 11) is 0.174. The highest BCUT2D eigenvalue weighted by atomic mass is 32.2. The van der Waals surface area contributed by atoms with Crippen LogP contribution in [0.5, 0.6) is 0 Å². The summed E-state index contributed by atoms with van der Waals surface area (Å²) in [5.41, 5.74) is 8.26. The van der Waals surface area contributed by atoms with E-state index in [-0.39, 0.29) is 4.90 Å². The van der Waals surface area contributed by atoms with E-state index in [1.54, 1.807) is 31.2 Å². The van der Waals surface area contributed by atoms with E-state index in [4.69, 9.17) is 5.73 Å². The number of nitrogen functional groups attached to an aromatic ring is 1. The molecule has 2 aromatic rings. The number of nitrogens with zero attached hydrogens (tertiary/aromatic N) is 1. The molecule has 3 N–H and O–H groups in total. The highest BCUT2D eigenvalue weighted by Crippen LogP contribution is 2.23. The molecule has 0 atom stereocenters. The number of nitrogens with one attached hydrogen (secondary N) is 1. The molecule has 21 heavy (non-hydrogen) atoms. The maximum Gasteiger partial charge on any atom is 0.262 e. The molecule has 0 aliphatic heterocycles. The summed E-state index contributed by atoms with van der Waals surface area (Å²) in [6.45, 7) is 1.72. The number of hydrogen-bond donors (Lipinski definition) is 2. The van der Waals surface area contributed by atoms with Crippen LogP contribution in [0.3, 0.4) is 0 Å². The van der Waals surface area contributed by atoms with Crippen molar-refractivity contribution < 1.29 is 8.42 Å². The molecule has 0 spiro atoms. The van der Waals surface area contributed by atoms with E-state index in [1.165, 1.54) is 6.07 Å². The molecule has 6 heteroatoms. The Bertz CT molecular complexity index is 755. The molecule has 0 heterocycles. The highest BCUT2D eigenvalue weighted by Gasteiger charge is 2.17. The Balaban J connectivity index is 2.35. The fourth-order valence-electron chi connectivity index (χ4n) is 2.03. The number of anilines is 3. The molecule has 0 amide bonds. The number of aryl methyl sites for hydroxylation is 1. The summed E-state index contributed by atoms with van der Waals surface area (Å²) < 4.78 is 27.5. The van der Waals surface area contributed by atoms with Gasteiger partial charge in [0.25, 0.3) is 10.0 Å². The highest BCUT2D eigenvalue weighted by molar-refractivity contribution is 7.92. The van der Waals surface area contributed by atoms with Crippen molar-refractivity contribution in [1.29, 1.82) is 0 Å². The second kappa shape index (κ2) is 5.65. The standard InChI is InChI=1S/C15H19N3O2S/c1-11-9-12(16)7-8-15(11)21(19,20)17-13-5-4-6-14(10-13)18(2)3/h4-10,17H,16H2,1-3H3. The van der Waals surface area contributed by atoms with Crippen LogP contribution in [0.1, 0.15) is 5.56 Å². The van der Waals surface area contributed by atoms with Gasteiger partial charge in [0.1, 0.15) is 0 Å². The molecule has 0 unspecified atom stereocenters. The summed E-state index contributed by atoms with van der Waals surface area (Å²) in [6, 6.07) is 12.0. The molecule has 2 rings (SSSR count). The normalized spacial score (nSPS) is 11.2. The molecule has 0 radical (unpaired) electrons. The monoisotopic (exact) mass is 305 g/mol. The molecule has 2 aromatic carbocycles. The third-order valence-electron chi connectivity index (χ3n) is 3.10. The van der Waals surface area contributed by atoms with Gasteiger partial charge in [0.05, 0.1) is 10.6 Å². The van der Waals surface area contributed by atoms with Crippen LogP contribution in [0.15, 0.2) is 47.4 Å². The topological polar surface area (TPSA) is 75.4 Å². The Morgan fingerprint density at radius 2 is 1.81 bits per heavy atom. The molecule has 0 aliphatic carbocycles. The number of rotatable bonds is 4. The van der Waals surface area contributed by atoms with Crippen molar-refractivity contribution in [2.75, 3.05) is 29.5 Å². The summed E-state index contributed by atoms with van der Waals surface area (Å²) in [5, 5.41) is 0. The van der Waals surface area contributed by atoms with E-state index < -0.39 is 10.0 Å². The van der Waals surface area contributed by atoms with Gasteiger partial charge in [-0.05, 0) is 48.9 Å². The van der Waals surface area contributed by atoms with Gasteiger partial charge in [0, 0.05) is 25.5 Å². The first-order valence-corrected chi connectivity index (χ1v) is 7.94. The van der Waals surface area contributed by atoms with Crippen molar-refractivity contribution in [2.45, 2.75) is 11.8 Å². The lowest BCUT2D eigenvalue weighted by molar-refractivity contribution is 0.600. The van der Waals surface area contributed by atoms with Gasteiger partial charge in [-0.3, -0.25) is 4.72 Å². The van der Waals surface area contributed by atoms with Gasteiger partial charge in [-0.2, -0.15) is 0 Å². The van der Waals surface area contributed by atoms with Gasteiger partial charge >= 0.3 is 0 Å². The van der Waals surface area contributed by atoms with Crippen molar-refractivity contribution >= 4 is 27.1 Å². The van der Waals surface area contributed by atoms with Crippen LogP contribution in [-0.4, -0.2) is 22.5 Å². The summed E-state index contributed by atoms with van der Waals surface area (Å²) in [4.78, 5) is 2.14. The van der Waals surface area contributed by atoms with Crippen molar-refractivity contribution in [3.05, 3.63) is 48.0 Å². The summed E-state index contributed by atoms with van der Waals surface area (Å²) in [5.74, 6) is 0. The molecule has 0 fully saturated rings. The van der Waals surface area contributed by atoms with Crippen molar-refractivity contribution in [2.24, 2.45) is 0 Å². The minimum Gasteiger partial charge on any atom is -0.399 e. The van der Waals surface area contributed by atoms with Gasteiger partial charge in [-0.25, -0.2) is 8.42 Å². The Morgan fingerprint density at radius 1 is 1.10 bits per heavy atom. The zero-order valence-electron chi connectivity index (χ0n) is 12.3. The lowest BCUT2D eigenvalue weighted by atomic mass is 10.2. The lowest BCUT2D eigenvalue weighted by Crippen LogP contribution is -2.15. The molecule has 0 aromatic heterocycles. The van der Waals surface area contributed by atoms with Crippen LogP contribution in [0, 0.1) is 6.92 Å². The van der Waals surface area contributed by atoms with Crippen LogP contribution in [-0.2, 0) is 10.0 Å². The second-order valence-corrected chi connectivity index (χ2v) is 6.73. The fourth-order valence-corrected chi connectivity index (χ4v) is 3.31. The number of nitrogens with two attached hydrogens (primary N) is 1. The third kappa shape index (κ3) is 3.46. The molecule has 0 saturated heterocycles. The van der Waals surface area contributed by atoms with E-state index in [1.807, 2.05) is 31.1 Å². The van der Waals surface area contributed by atoms with Gasteiger partial charge < -0.3 is 10.6 Å². The molecular formula is C15H19N3O2S. The van der Waals surface area contributed by atoms with E-state index in [0.29, 0.717) is 16.9 Å². The van der Waals surface area contributed by atoms with Gasteiger partial charge in [-0.1, -0.05) is 6.07 Å². The Kier molecular flexibility index (Phi) is 4.09. The van der Waals surface area contributed by atoms with Crippen LogP contribution < -0.4 is 15.4 Å². The average molecular weight is 305 g/mol. The minimum absolute atomic E-state index is 0.229. The number of hydrogen-bond acceptors (Lipinski definition) is 4. The van der Waals surface area contributed by atoms with E-state index in [9.17, 15) is 8.42 Å². The number of sulfonamides is 1.